The Hall–Kier alpha value is -1.09. The molecule has 9 heteroatoms. The second-order valence-corrected chi connectivity index (χ2v) is 4.25. The summed E-state index contributed by atoms with van der Waals surface area (Å²) in [5.74, 6) is 0. The standard InChI is InChI=1S/C6H7F3N2O3S/c1-11-3-2-5(10-11)4-14-15(12,13)6(7,8)9/h2-3H,4H2,1H3. The number of hydrogen-bond acceptors (Lipinski definition) is 4. The van der Waals surface area contributed by atoms with Crippen LogP contribution in [0.4, 0.5) is 13.2 Å². The van der Waals surface area contributed by atoms with Crippen LogP contribution in [-0.4, -0.2) is 23.7 Å². The molecular weight excluding hydrogens is 237 g/mol. The van der Waals surface area contributed by atoms with Crippen LogP contribution >= 0.6 is 0 Å². The van der Waals surface area contributed by atoms with Crippen LogP contribution in [0, 0.1) is 0 Å². The molecule has 1 aromatic rings. The molecule has 0 radical (unpaired) electrons. The molecule has 0 aromatic carbocycles. The van der Waals surface area contributed by atoms with Gasteiger partial charge in [0.2, 0.25) is 0 Å². The molecule has 1 heterocycles. The van der Waals surface area contributed by atoms with Gasteiger partial charge in [0.15, 0.2) is 0 Å². The zero-order chi connectivity index (χ0) is 11.7. The summed E-state index contributed by atoms with van der Waals surface area (Å²) in [6, 6.07) is 1.35. The van der Waals surface area contributed by atoms with Crippen molar-refractivity contribution < 1.29 is 25.8 Å². The summed E-state index contributed by atoms with van der Waals surface area (Å²) in [4.78, 5) is 0. The lowest BCUT2D eigenvalue weighted by Gasteiger charge is -2.06. The van der Waals surface area contributed by atoms with Crippen LogP contribution < -0.4 is 0 Å². The fraction of sp³-hybridized carbons (Fsp3) is 0.500. The van der Waals surface area contributed by atoms with Crippen molar-refractivity contribution in [3.63, 3.8) is 0 Å². The topological polar surface area (TPSA) is 61.2 Å². The molecule has 0 fully saturated rings. The third-order valence-electron chi connectivity index (χ3n) is 1.41. The van der Waals surface area contributed by atoms with E-state index in [1.165, 1.54) is 16.9 Å². The minimum atomic E-state index is -5.54. The van der Waals surface area contributed by atoms with Crippen molar-refractivity contribution in [2.24, 2.45) is 7.05 Å². The smallest absolute Gasteiger partial charge is 0.275 e. The highest BCUT2D eigenvalue weighted by atomic mass is 32.2. The van der Waals surface area contributed by atoms with Gasteiger partial charge in [0.05, 0.1) is 5.69 Å². The van der Waals surface area contributed by atoms with Gasteiger partial charge in [-0.3, -0.25) is 8.86 Å². The van der Waals surface area contributed by atoms with E-state index >= 15 is 0 Å². The molecule has 0 aliphatic heterocycles. The van der Waals surface area contributed by atoms with Crippen LogP contribution in [0.1, 0.15) is 5.69 Å². The van der Waals surface area contributed by atoms with Crippen LogP contribution in [0.2, 0.25) is 0 Å². The zero-order valence-electron chi connectivity index (χ0n) is 7.52. The number of aryl methyl sites for hydroxylation is 1. The van der Waals surface area contributed by atoms with Crippen molar-refractivity contribution in [2.45, 2.75) is 12.1 Å². The highest BCUT2D eigenvalue weighted by Crippen LogP contribution is 2.25. The van der Waals surface area contributed by atoms with Crippen molar-refractivity contribution in [3.8, 4) is 0 Å². The van der Waals surface area contributed by atoms with Gasteiger partial charge in [-0.1, -0.05) is 0 Å². The number of alkyl halides is 3. The number of rotatable bonds is 3. The molecular formula is C6H7F3N2O3S. The van der Waals surface area contributed by atoms with Gasteiger partial charge < -0.3 is 0 Å². The van der Waals surface area contributed by atoms with E-state index < -0.39 is 22.2 Å². The maximum atomic E-state index is 11.8. The van der Waals surface area contributed by atoms with Crippen LogP contribution in [0.15, 0.2) is 12.3 Å². The molecule has 0 unspecified atom stereocenters. The van der Waals surface area contributed by atoms with E-state index in [2.05, 4.69) is 9.28 Å². The number of nitrogens with zero attached hydrogens (tertiary/aromatic N) is 2. The molecule has 1 aromatic heterocycles. The molecule has 0 saturated heterocycles. The van der Waals surface area contributed by atoms with E-state index in [1.807, 2.05) is 0 Å². The minimum Gasteiger partial charge on any atom is -0.275 e. The maximum absolute atomic E-state index is 11.8. The van der Waals surface area contributed by atoms with Gasteiger partial charge in [-0.15, -0.1) is 0 Å². The predicted octanol–water partition coefficient (Wildman–Crippen LogP) is 0.786. The lowest BCUT2D eigenvalue weighted by molar-refractivity contribution is -0.0548. The highest BCUT2D eigenvalue weighted by Gasteiger charge is 2.47. The average Bonchev–Trinajstić information content (AvgIpc) is 2.46. The SMILES string of the molecule is Cn1ccc(COS(=O)(=O)C(F)(F)F)n1. The fourth-order valence-corrected chi connectivity index (χ4v) is 1.15. The van der Waals surface area contributed by atoms with Crippen molar-refractivity contribution in [1.29, 1.82) is 0 Å². The van der Waals surface area contributed by atoms with Gasteiger partial charge >= 0.3 is 15.6 Å². The summed E-state index contributed by atoms with van der Waals surface area (Å²) >= 11 is 0. The Morgan fingerprint density at radius 1 is 1.53 bits per heavy atom. The zero-order valence-corrected chi connectivity index (χ0v) is 8.34. The minimum absolute atomic E-state index is 0.102. The largest absolute Gasteiger partial charge is 0.523 e. The first-order valence-corrected chi connectivity index (χ1v) is 5.07. The van der Waals surface area contributed by atoms with Crippen molar-refractivity contribution in [1.82, 2.24) is 9.78 Å². The highest BCUT2D eigenvalue weighted by molar-refractivity contribution is 7.87. The molecule has 0 saturated carbocycles. The Labute approximate surface area is 83.6 Å². The second-order valence-electron chi connectivity index (χ2n) is 2.64. The Kier molecular flexibility index (Phi) is 3.05. The Balaban J connectivity index is 2.66. The van der Waals surface area contributed by atoms with Crippen molar-refractivity contribution in [2.75, 3.05) is 0 Å². The van der Waals surface area contributed by atoms with E-state index in [4.69, 9.17) is 0 Å². The molecule has 1 rings (SSSR count). The summed E-state index contributed by atoms with van der Waals surface area (Å²) in [6.45, 7) is -0.733. The number of halogens is 3. The Morgan fingerprint density at radius 2 is 2.13 bits per heavy atom. The summed E-state index contributed by atoms with van der Waals surface area (Å²) in [6.07, 6.45) is 1.46. The van der Waals surface area contributed by atoms with Crippen molar-refractivity contribution in [3.05, 3.63) is 18.0 Å². The van der Waals surface area contributed by atoms with E-state index in [1.54, 1.807) is 7.05 Å². The molecule has 5 nitrogen and oxygen atoms in total. The second kappa shape index (κ2) is 3.81. The van der Waals surface area contributed by atoms with Gasteiger partial charge in [-0.05, 0) is 6.07 Å². The van der Waals surface area contributed by atoms with Crippen LogP contribution in [0.3, 0.4) is 0 Å². The average molecular weight is 244 g/mol. The Morgan fingerprint density at radius 3 is 2.53 bits per heavy atom. The third-order valence-corrected chi connectivity index (χ3v) is 2.41. The molecule has 0 N–H and O–H groups in total. The quantitative estimate of drug-likeness (QED) is 0.582. The molecule has 0 atom stereocenters. The molecule has 15 heavy (non-hydrogen) atoms. The van der Waals surface area contributed by atoms with E-state index in [0.717, 1.165) is 0 Å². The van der Waals surface area contributed by atoms with Gasteiger partial charge in [0.25, 0.3) is 0 Å². The lowest BCUT2D eigenvalue weighted by Crippen LogP contribution is -2.25. The first-order chi connectivity index (χ1) is 6.72. The van der Waals surface area contributed by atoms with Gasteiger partial charge in [-0.25, -0.2) is 0 Å². The van der Waals surface area contributed by atoms with Crippen LogP contribution in [0.25, 0.3) is 0 Å². The Bertz CT molecular complexity index is 437. The van der Waals surface area contributed by atoms with Gasteiger partial charge in [-0.2, -0.15) is 26.7 Å². The van der Waals surface area contributed by atoms with E-state index in [9.17, 15) is 21.6 Å². The molecule has 0 spiro atoms. The monoisotopic (exact) mass is 244 g/mol. The summed E-state index contributed by atoms with van der Waals surface area (Å²) in [5, 5.41) is 3.66. The summed E-state index contributed by atoms with van der Waals surface area (Å²) in [5.41, 5.74) is -5.30. The number of aromatic nitrogens is 2. The molecule has 0 bridgehead atoms. The first kappa shape index (κ1) is 12.0. The van der Waals surface area contributed by atoms with Gasteiger partial charge in [0, 0.05) is 13.2 Å². The van der Waals surface area contributed by atoms with Crippen LogP contribution in [0.5, 0.6) is 0 Å². The molecule has 0 aliphatic rings. The molecule has 86 valence electrons. The lowest BCUT2D eigenvalue weighted by atomic mass is 10.5. The fourth-order valence-electron chi connectivity index (χ4n) is 0.745. The van der Waals surface area contributed by atoms with Gasteiger partial charge in [0.1, 0.15) is 6.61 Å². The van der Waals surface area contributed by atoms with E-state index in [0.29, 0.717) is 0 Å². The third kappa shape index (κ3) is 2.93. The van der Waals surface area contributed by atoms with Crippen molar-refractivity contribution >= 4 is 10.1 Å². The van der Waals surface area contributed by atoms with Crippen LogP contribution in [-0.2, 0) is 28.0 Å². The summed E-state index contributed by atoms with van der Waals surface area (Å²) in [7, 11) is -3.99. The summed E-state index contributed by atoms with van der Waals surface area (Å²) < 4.78 is 61.4. The normalized spacial score (nSPS) is 13.1. The molecule has 0 aliphatic carbocycles. The molecule has 0 amide bonds. The maximum Gasteiger partial charge on any atom is 0.523 e. The predicted molar refractivity (Wildman–Crippen MR) is 43.0 cm³/mol. The number of hydrogen-bond donors (Lipinski definition) is 0. The van der Waals surface area contributed by atoms with E-state index in [-0.39, 0.29) is 5.69 Å². The first-order valence-electron chi connectivity index (χ1n) is 3.66.